The lowest BCUT2D eigenvalue weighted by Gasteiger charge is -2.36. The van der Waals surface area contributed by atoms with Crippen LogP contribution < -0.4 is 10.2 Å². The number of hydrogen-bond donors (Lipinski definition) is 1. The number of nitrogens with zero attached hydrogens (tertiary/aromatic N) is 1. The quantitative estimate of drug-likeness (QED) is 0.924. The van der Waals surface area contributed by atoms with Gasteiger partial charge in [0.25, 0.3) is 0 Å². The Hall–Kier alpha value is -0.580. The molecule has 0 spiro atoms. The van der Waals surface area contributed by atoms with Crippen LogP contribution >= 0.6 is 15.9 Å². The van der Waals surface area contributed by atoms with Crippen LogP contribution in [-0.4, -0.2) is 32.3 Å². The third-order valence-electron chi connectivity index (χ3n) is 4.27. The maximum Gasteiger partial charge on any atom is 0.0755 e. The Morgan fingerprint density at radius 2 is 2.00 bits per heavy atom. The number of benzene rings is 1. The second kappa shape index (κ2) is 5.43. The molecule has 3 rings (SSSR count). The molecule has 1 N–H and O–H groups in total. The standard InChI is InChI=1S/C15H21BrN2O/c1-10(17-2)14-7-11(16)3-6-15(14)18-8-12-4-5-13(9-18)19-12/h3,6-7,10,12-13,17H,4-5,8-9H2,1-2H3. The molecule has 2 aliphatic heterocycles. The van der Waals surface area contributed by atoms with Crippen molar-refractivity contribution in [2.45, 2.75) is 38.0 Å². The van der Waals surface area contributed by atoms with Crippen LogP contribution in [0.1, 0.15) is 31.4 Å². The van der Waals surface area contributed by atoms with Crippen molar-refractivity contribution >= 4 is 21.6 Å². The van der Waals surface area contributed by atoms with E-state index in [-0.39, 0.29) is 0 Å². The molecule has 3 atom stereocenters. The van der Waals surface area contributed by atoms with Gasteiger partial charge < -0.3 is 15.0 Å². The van der Waals surface area contributed by atoms with Gasteiger partial charge in [0.1, 0.15) is 0 Å². The molecule has 1 aromatic rings. The number of halogens is 1. The smallest absolute Gasteiger partial charge is 0.0755 e. The number of morpholine rings is 1. The van der Waals surface area contributed by atoms with Crippen LogP contribution in [0.15, 0.2) is 22.7 Å². The Morgan fingerprint density at radius 3 is 2.63 bits per heavy atom. The van der Waals surface area contributed by atoms with Gasteiger partial charge in [-0.25, -0.2) is 0 Å². The molecule has 0 aromatic heterocycles. The fourth-order valence-corrected chi connectivity index (χ4v) is 3.51. The average Bonchev–Trinajstić information content (AvgIpc) is 2.76. The van der Waals surface area contributed by atoms with E-state index in [0.29, 0.717) is 18.2 Å². The van der Waals surface area contributed by atoms with E-state index in [2.05, 4.69) is 51.3 Å². The Labute approximate surface area is 123 Å². The van der Waals surface area contributed by atoms with Crippen molar-refractivity contribution in [3.8, 4) is 0 Å². The van der Waals surface area contributed by atoms with E-state index < -0.39 is 0 Å². The summed E-state index contributed by atoms with van der Waals surface area (Å²) in [7, 11) is 2.01. The number of hydrogen-bond acceptors (Lipinski definition) is 3. The highest BCUT2D eigenvalue weighted by molar-refractivity contribution is 9.10. The Balaban J connectivity index is 1.91. The molecule has 2 heterocycles. The minimum Gasteiger partial charge on any atom is -0.371 e. The molecule has 3 nitrogen and oxygen atoms in total. The van der Waals surface area contributed by atoms with Crippen molar-refractivity contribution in [2.75, 3.05) is 25.0 Å². The van der Waals surface area contributed by atoms with Crippen molar-refractivity contribution in [1.29, 1.82) is 0 Å². The summed E-state index contributed by atoms with van der Waals surface area (Å²) in [4.78, 5) is 2.50. The molecule has 0 saturated carbocycles. The van der Waals surface area contributed by atoms with Crippen molar-refractivity contribution < 1.29 is 4.74 Å². The topological polar surface area (TPSA) is 24.5 Å². The molecule has 4 heteroatoms. The molecule has 0 aliphatic carbocycles. The lowest BCUT2D eigenvalue weighted by atomic mass is 10.0. The molecular weight excluding hydrogens is 304 g/mol. The lowest BCUT2D eigenvalue weighted by Crippen LogP contribution is -2.43. The van der Waals surface area contributed by atoms with Crippen molar-refractivity contribution in [2.24, 2.45) is 0 Å². The molecule has 0 amide bonds. The zero-order chi connectivity index (χ0) is 13.4. The number of nitrogens with one attached hydrogen (secondary N) is 1. The molecule has 2 saturated heterocycles. The first kappa shape index (κ1) is 13.4. The molecule has 19 heavy (non-hydrogen) atoms. The first-order valence-corrected chi connectivity index (χ1v) is 7.84. The van der Waals surface area contributed by atoms with Gasteiger partial charge in [0.2, 0.25) is 0 Å². The molecule has 1 aromatic carbocycles. The van der Waals surface area contributed by atoms with Gasteiger partial charge >= 0.3 is 0 Å². The van der Waals surface area contributed by atoms with Crippen LogP contribution in [0.3, 0.4) is 0 Å². The van der Waals surface area contributed by atoms with Crippen LogP contribution in [0, 0.1) is 0 Å². The second-order valence-corrected chi connectivity index (χ2v) is 6.49. The van der Waals surface area contributed by atoms with Crippen molar-refractivity contribution in [3.05, 3.63) is 28.2 Å². The van der Waals surface area contributed by atoms with E-state index in [0.717, 1.165) is 17.6 Å². The number of fused-ring (bicyclic) bond motifs is 2. The summed E-state index contributed by atoms with van der Waals surface area (Å²) in [6, 6.07) is 6.96. The predicted octanol–water partition coefficient (Wildman–Crippen LogP) is 3.10. The van der Waals surface area contributed by atoms with Crippen LogP contribution in [0.25, 0.3) is 0 Å². The Kier molecular flexibility index (Phi) is 3.83. The van der Waals surface area contributed by atoms with Gasteiger partial charge in [-0.2, -0.15) is 0 Å². The summed E-state index contributed by atoms with van der Waals surface area (Å²) in [6.07, 6.45) is 3.30. The fourth-order valence-electron chi connectivity index (χ4n) is 3.13. The minimum atomic E-state index is 0.355. The summed E-state index contributed by atoms with van der Waals surface area (Å²) in [5, 5.41) is 3.35. The van der Waals surface area contributed by atoms with Crippen molar-refractivity contribution in [1.82, 2.24) is 5.32 Å². The van der Waals surface area contributed by atoms with E-state index in [1.165, 1.54) is 24.1 Å². The Bertz CT molecular complexity index is 453. The average molecular weight is 325 g/mol. The summed E-state index contributed by atoms with van der Waals surface area (Å²) < 4.78 is 7.08. The molecular formula is C15H21BrN2O. The first-order valence-electron chi connectivity index (χ1n) is 7.04. The zero-order valence-electron chi connectivity index (χ0n) is 11.5. The molecule has 2 bridgehead atoms. The zero-order valence-corrected chi connectivity index (χ0v) is 13.1. The lowest BCUT2D eigenvalue weighted by molar-refractivity contribution is 0.0304. The van der Waals surface area contributed by atoms with Crippen LogP contribution in [0.5, 0.6) is 0 Å². The van der Waals surface area contributed by atoms with Gasteiger partial charge in [-0.3, -0.25) is 0 Å². The Morgan fingerprint density at radius 1 is 1.32 bits per heavy atom. The fraction of sp³-hybridized carbons (Fsp3) is 0.600. The maximum absolute atomic E-state index is 5.93. The minimum absolute atomic E-state index is 0.355. The third kappa shape index (κ3) is 2.67. The molecule has 2 aliphatic rings. The molecule has 2 fully saturated rings. The highest BCUT2D eigenvalue weighted by Gasteiger charge is 2.34. The van der Waals surface area contributed by atoms with Crippen LogP contribution in [-0.2, 0) is 4.74 Å². The van der Waals surface area contributed by atoms with Crippen LogP contribution in [0.2, 0.25) is 0 Å². The number of ether oxygens (including phenoxy) is 1. The van der Waals surface area contributed by atoms with E-state index in [1.54, 1.807) is 0 Å². The normalized spacial score (nSPS) is 27.6. The third-order valence-corrected chi connectivity index (χ3v) is 4.77. The highest BCUT2D eigenvalue weighted by atomic mass is 79.9. The van der Waals surface area contributed by atoms with Crippen LogP contribution in [0.4, 0.5) is 5.69 Å². The van der Waals surface area contributed by atoms with Gasteiger partial charge in [-0.15, -0.1) is 0 Å². The highest BCUT2D eigenvalue weighted by Crippen LogP contribution is 2.34. The molecule has 0 radical (unpaired) electrons. The first-order chi connectivity index (χ1) is 9.17. The summed E-state index contributed by atoms with van der Waals surface area (Å²) in [5.41, 5.74) is 2.71. The van der Waals surface area contributed by atoms with Gasteiger partial charge in [-0.05, 0) is 50.6 Å². The SMILES string of the molecule is CNC(C)c1cc(Br)ccc1N1CC2CCC(C1)O2. The van der Waals surface area contributed by atoms with Crippen molar-refractivity contribution in [3.63, 3.8) is 0 Å². The van der Waals surface area contributed by atoms with E-state index in [9.17, 15) is 0 Å². The molecule has 3 unspecified atom stereocenters. The monoisotopic (exact) mass is 324 g/mol. The summed E-state index contributed by atoms with van der Waals surface area (Å²) in [5.74, 6) is 0. The van der Waals surface area contributed by atoms with Gasteiger partial charge in [0, 0.05) is 29.3 Å². The largest absolute Gasteiger partial charge is 0.371 e. The summed E-state index contributed by atoms with van der Waals surface area (Å²) >= 11 is 3.58. The predicted molar refractivity (Wildman–Crippen MR) is 81.7 cm³/mol. The summed E-state index contributed by atoms with van der Waals surface area (Å²) in [6.45, 7) is 4.27. The van der Waals surface area contributed by atoms with Gasteiger partial charge in [0.15, 0.2) is 0 Å². The number of rotatable bonds is 3. The van der Waals surface area contributed by atoms with E-state index >= 15 is 0 Å². The van der Waals surface area contributed by atoms with Gasteiger partial charge in [0.05, 0.1) is 12.2 Å². The van der Waals surface area contributed by atoms with E-state index in [4.69, 9.17) is 4.74 Å². The molecule has 104 valence electrons. The second-order valence-electron chi connectivity index (χ2n) is 5.58. The van der Waals surface area contributed by atoms with E-state index in [1.807, 2.05) is 7.05 Å². The maximum atomic E-state index is 5.93. The number of anilines is 1. The van der Waals surface area contributed by atoms with Gasteiger partial charge in [-0.1, -0.05) is 15.9 Å².